The molecule has 1 aromatic rings. The molecule has 1 aromatic heterocycles. The molecule has 1 saturated heterocycles. The summed E-state index contributed by atoms with van der Waals surface area (Å²) in [6, 6.07) is 5.62. The number of rotatable bonds is 5. The lowest BCUT2D eigenvalue weighted by Gasteiger charge is -2.23. The summed E-state index contributed by atoms with van der Waals surface area (Å²) >= 11 is 0. The van der Waals surface area contributed by atoms with E-state index in [2.05, 4.69) is 11.4 Å². The van der Waals surface area contributed by atoms with Crippen molar-refractivity contribution in [3.05, 3.63) is 24.2 Å². The van der Waals surface area contributed by atoms with Gasteiger partial charge in [-0.15, -0.1) is 0 Å². The fourth-order valence-electron chi connectivity index (χ4n) is 2.16. The van der Waals surface area contributed by atoms with Gasteiger partial charge in [-0.1, -0.05) is 0 Å². The Bertz CT molecular complexity index is 416. The zero-order valence-corrected chi connectivity index (χ0v) is 10.3. The molecule has 0 aromatic carbocycles. The van der Waals surface area contributed by atoms with Gasteiger partial charge < -0.3 is 14.6 Å². The van der Waals surface area contributed by atoms with Crippen molar-refractivity contribution in [2.45, 2.75) is 31.8 Å². The first-order chi connectivity index (χ1) is 8.81. The highest BCUT2D eigenvalue weighted by atomic mass is 16.3. The number of amides is 1. The van der Waals surface area contributed by atoms with Crippen LogP contribution < -0.4 is 5.32 Å². The summed E-state index contributed by atoms with van der Waals surface area (Å²) in [6.07, 6.45) is 3.85. The highest BCUT2D eigenvalue weighted by Gasteiger charge is 2.27. The van der Waals surface area contributed by atoms with E-state index in [1.54, 1.807) is 17.2 Å². The Labute approximate surface area is 106 Å². The Hall–Kier alpha value is -1.80. The number of carbonyl (C=O) groups is 1. The predicted octanol–water partition coefficient (Wildman–Crippen LogP) is 1.27. The van der Waals surface area contributed by atoms with Crippen LogP contribution >= 0.6 is 0 Å². The molecule has 1 fully saturated rings. The molecule has 18 heavy (non-hydrogen) atoms. The standard InChI is InChI=1S/C13H17N3O2/c14-6-3-8-16(10-11-4-2-9-18-11)13(17)12-5-1-7-15-12/h2,4,9,12,15H,1,3,5,7-8,10H2. The van der Waals surface area contributed by atoms with Crippen molar-refractivity contribution in [3.8, 4) is 6.07 Å². The van der Waals surface area contributed by atoms with Crippen LogP contribution in [0, 0.1) is 11.3 Å². The van der Waals surface area contributed by atoms with Crippen molar-refractivity contribution < 1.29 is 9.21 Å². The zero-order chi connectivity index (χ0) is 12.8. The van der Waals surface area contributed by atoms with Crippen LogP contribution in [0.3, 0.4) is 0 Å². The van der Waals surface area contributed by atoms with E-state index in [4.69, 9.17) is 9.68 Å². The van der Waals surface area contributed by atoms with Crippen LogP contribution in [0.2, 0.25) is 0 Å². The third-order valence-electron chi connectivity index (χ3n) is 3.09. The van der Waals surface area contributed by atoms with Crippen molar-refractivity contribution in [1.82, 2.24) is 10.2 Å². The first-order valence-corrected chi connectivity index (χ1v) is 6.23. The molecule has 0 bridgehead atoms. The summed E-state index contributed by atoms with van der Waals surface area (Å²) in [6.45, 7) is 1.78. The van der Waals surface area contributed by atoms with Gasteiger partial charge in [-0.3, -0.25) is 4.79 Å². The monoisotopic (exact) mass is 247 g/mol. The minimum absolute atomic E-state index is 0.0687. The molecule has 1 atom stereocenters. The van der Waals surface area contributed by atoms with Crippen LogP contribution in [0.15, 0.2) is 22.8 Å². The van der Waals surface area contributed by atoms with Gasteiger partial charge in [-0.2, -0.15) is 5.26 Å². The highest BCUT2D eigenvalue weighted by molar-refractivity contribution is 5.82. The highest BCUT2D eigenvalue weighted by Crippen LogP contribution is 2.12. The number of nitrogens with one attached hydrogen (secondary N) is 1. The average Bonchev–Trinajstić information content (AvgIpc) is 3.06. The largest absolute Gasteiger partial charge is 0.467 e. The third-order valence-corrected chi connectivity index (χ3v) is 3.09. The van der Waals surface area contributed by atoms with E-state index in [0.29, 0.717) is 19.5 Å². The summed E-state index contributed by atoms with van der Waals surface area (Å²) in [5.41, 5.74) is 0. The van der Waals surface area contributed by atoms with Gasteiger partial charge in [0.05, 0.1) is 31.3 Å². The molecule has 1 aliphatic heterocycles. The van der Waals surface area contributed by atoms with Gasteiger partial charge in [0, 0.05) is 6.54 Å². The zero-order valence-electron chi connectivity index (χ0n) is 10.3. The van der Waals surface area contributed by atoms with Crippen molar-refractivity contribution in [2.24, 2.45) is 0 Å². The lowest BCUT2D eigenvalue weighted by atomic mass is 10.2. The van der Waals surface area contributed by atoms with Crippen molar-refractivity contribution in [3.63, 3.8) is 0 Å². The van der Waals surface area contributed by atoms with Crippen LogP contribution in [0.4, 0.5) is 0 Å². The number of furan rings is 1. The number of carbonyl (C=O) groups excluding carboxylic acids is 1. The molecule has 2 heterocycles. The Balaban J connectivity index is 1.99. The quantitative estimate of drug-likeness (QED) is 0.850. The Morgan fingerprint density at radius 1 is 1.67 bits per heavy atom. The van der Waals surface area contributed by atoms with Crippen molar-refractivity contribution in [2.75, 3.05) is 13.1 Å². The van der Waals surface area contributed by atoms with E-state index >= 15 is 0 Å². The lowest BCUT2D eigenvalue weighted by molar-refractivity contribution is -0.133. The fourth-order valence-corrected chi connectivity index (χ4v) is 2.16. The first-order valence-electron chi connectivity index (χ1n) is 6.23. The second kappa shape index (κ2) is 6.22. The molecule has 2 rings (SSSR count). The normalized spacial score (nSPS) is 18.5. The van der Waals surface area contributed by atoms with Gasteiger partial charge in [0.15, 0.2) is 0 Å². The SMILES string of the molecule is N#CCCN(Cc1ccco1)C(=O)C1CCCN1. The minimum Gasteiger partial charge on any atom is -0.467 e. The van der Waals surface area contributed by atoms with E-state index in [1.807, 2.05) is 6.07 Å². The molecule has 5 heteroatoms. The Kier molecular flexibility index (Phi) is 4.37. The van der Waals surface area contributed by atoms with E-state index in [1.165, 1.54) is 0 Å². The third kappa shape index (κ3) is 3.11. The summed E-state index contributed by atoms with van der Waals surface area (Å²) in [4.78, 5) is 14.0. The number of hydrogen-bond donors (Lipinski definition) is 1. The average molecular weight is 247 g/mol. The molecule has 5 nitrogen and oxygen atoms in total. The summed E-state index contributed by atoms with van der Waals surface area (Å²) in [5, 5.41) is 11.8. The topological polar surface area (TPSA) is 69.3 Å². The molecule has 0 radical (unpaired) electrons. The van der Waals surface area contributed by atoms with E-state index in [0.717, 1.165) is 25.1 Å². The van der Waals surface area contributed by atoms with Gasteiger partial charge in [-0.25, -0.2) is 0 Å². The van der Waals surface area contributed by atoms with Gasteiger partial charge >= 0.3 is 0 Å². The second-order valence-corrected chi connectivity index (χ2v) is 4.40. The molecule has 96 valence electrons. The summed E-state index contributed by atoms with van der Waals surface area (Å²) < 4.78 is 5.26. The van der Waals surface area contributed by atoms with Crippen LogP contribution in [0.25, 0.3) is 0 Å². The van der Waals surface area contributed by atoms with Crippen LogP contribution in [0.1, 0.15) is 25.0 Å². The summed E-state index contributed by atoms with van der Waals surface area (Å²) in [7, 11) is 0. The number of nitriles is 1. The maximum Gasteiger partial charge on any atom is 0.240 e. The van der Waals surface area contributed by atoms with Crippen molar-refractivity contribution >= 4 is 5.91 Å². The van der Waals surface area contributed by atoms with E-state index < -0.39 is 0 Å². The van der Waals surface area contributed by atoms with E-state index in [-0.39, 0.29) is 11.9 Å². The van der Waals surface area contributed by atoms with E-state index in [9.17, 15) is 4.79 Å². The second-order valence-electron chi connectivity index (χ2n) is 4.40. The molecule has 1 aliphatic rings. The van der Waals surface area contributed by atoms with Crippen LogP contribution in [-0.2, 0) is 11.3 Å². The molecule has 0 saturated carbocycles. The Morgan fingerprint density at radius 3 is 3.17 bits per heavy atom. The predicted molar refractivity (Wildman–Crippen MR) is 65.4 cm³/mol. The van der Waals surface area contributed by atoms with Crippen molar-refractivity contribution in [1.29, 1.82) is 5.26 Å². The van der Waals surface area contributed by atoms with Gasteiger partial charge in [0.25, 0.3) is 0 Å². The molecular formula is C13H17N3O2. The molecular weight excluding hydrogens is 230 g/mol. The maximum absolute atomic E-state index is 12.3. The Morgan fingerprint density at radius 2 is 2.56 bits per heavy atom. The van der Waals surface area contributed by atoms with Gasteiger partial charge in [0.1, 0.15) is 5.76 Å². The minimum atomic E-state index is -0.0985. The molecule has 0 spiro atoms. The molecule has 1 N–H and O–H groups in total. The fraction of sp³-hybridized carbons (Fsp3) is 0.538. The van der Waals surface area contributed by atoms with Crippen LogP contribution in [-0.4, -0.2) is 29.9 Å². The molecule has 1 unspecified atom stereocenters. The molecule has 1 amide bonds. The van der Waals surface area contributed by atoms with Crippen LogP contribution in [0.5, 0.6) is 0 Å². The first kappa shape index (κ1) is 12.7. The number of hydrogen-bond acceptors (Lipinski definition) is 4. The molecule has 0 aliphatic carbocycles. The van der Waals surface area contributed by atoms with Gasteiger partial charge in [-0.05, 0) is 31.5 Å². The smallest absolute Gasteiger partial charge is 0.240 e. The van der Waals surface area contributed by atoms with Gasteiger partial charge in [0.2, 0.25) is 5.91 Å². The summed E-state index contributed by atoms with van der Waals surface area (Å²) in [5.74, 6) is 0.818. The maximum atomic E-state index is 12.3. The lowest BCUT2D eigenvalue weighted by Crippen LogP contribution is -2.43. The number of nitrogens with zero attached hydrogens (tertiary/aromatic N) is 2.